The molecule has 0 aliphatic carbocycles. The minimum absolute atomic E-state index is 0.283. The molecule has 136 valence electrons. The highest BCUT2D eigenvalue weighted by Gasteiger charge is 2.20. The number of nitrogens with zero attached hydrogens (tertiary/aromatic N) is 3. The molecule has 0 spiro atoms. The molecule has 0 aliphatic heterocycles. The first-order chi connectivity index (χ1) is 12.5. The summed E-state index contributed by atoms with van der Waals surface area (Å²) < 4.78 is 12.5. The van der Waals surface area contributed by atoms with Crippen LogP contribution in [0.15, 0.2) is 42.6 Å². The second kappa shape index (κ2) is 7.45. The van der Waals surface area contributed by atoms with Gasteiger partial charge in [0.1, 0.15) is 17.1 Å². The molecule has 0 bridgehead atoms. The number of benzene rings is 1. The summed E-state index contributed by atoms with van der Waals surface area (Å²) in [5.74, 6) is 0.894. The number of amides is 1. The highest BCUT2D eigenvalue weighted by atomic mass is 16.5. The van der Waals surface area contributed by atoms with Gasteiger partial charge in [0, 0.05) is 18.8 Å². The zero-order valence-corrected chi connectivity index (χ0v) is 15.3. The average Bonchev–Trinajstić information content (AvgIpc) is 3.00. The first-order valence-electron chi connectivity index (χ1n) is 8.17. The number of carbonyl (C=O) groups excluding carboxylic acids is 1. The molecule has 0 fully saturated rings. The van der Waals surface area contributed by atoms with Gasteiger partial charge < -0.3 is 24.1 Å². The number of hydrogen-bond donors (Lipinski definition) is 1. The van der Waals surface area contributed by atoms with Crippen LogP contribution in [0.2, 0.25) is 0 Å². The van der Waals surface area contributed by atoms with E-state index in [1.54, 1.807) is 32.4 Å². The van der Waals surface area contributed by atoms with Gasteiger partial charge in [-0.05, 0) is 38.4 Å². The summed E-state index contributed by atoms with van der Waals surface area (Å²) >= 11 is 0. The number of nitrogens with one attached hydrogen (secondary N) is 1. The Bertz CT molecular complexity index is 934. The number of carbonyl (C=O) groups is 1. The molecule has 26 heavy (non-hydrogen) atoms. The van der Waals surface area contributed by atoms with Crippen LogP contribution < -0.4 is 14.8 Å². The van der Waals surface area contributed by atoms with Crippen LogP contribution in [0.25, 0.3) is 5.65 Å². The molecule has 7 nitrogen and oxygen atoms in total. The minimum Gasteiger partial charge on any atom is -0.497 e. The van der Waals surface area contributed by atoms with E-state index < -0.39 is 0 Å². The van der Waals surface area contributed by atoms with Crippen molar-refractivity contribution in [2.75, 3.05) is 33.6 Å². The van der Waals surface area contributed by atoms with Crippen LogP contribution >= 0.6 is 0 Å². The predicted octanol–water partition coefficient (Wildman–Crippen LogP) is 2.67. The maximum Gasteiger partial charge on any atom is 0.276 e. The van der Waals surface area contributed by atoms with Crippen LogP contribution in [0.4, 0.5) is 5.69 Å². The molecule has 0 radical (unpaired) electrons. The van der Waals surface area contributed by atoms with Gasteiger partial charge >= 0.3 is 0 Å². The SMILES string of the molecule is COc1ccc(NC(=O)c2nc3ccccn3c2CN(C)C)c(OC)c1. The quantitative estimate of drug-likeness (QED) is 0.737. The number of methoxy groups -OCH3 is 2. The molecule has 1 aromatic carbocycles. The predicted molar refractivity (Wildman–Crippen MR) is 100 cm³/mol. The van der Waals surface area contributed by atoms with Crippen LogP contribution in [-0.2, 0) is 6.54 Å². The van der Waals surface area contributed by atoms with Crippen LogP contribution in [0, 0.1) is 0 Å². The van der Waals surface area contributed by atoms with Crippen molar-refractivity contribution in [2.24, 2.45) is 0 Å². The van der Waals surface area contributed by atoms with Crippen LogP contribution in [0.1, 0.15) is 16.2 Å². The van der Waals surface area contributed by atoms with Crippen molar-refractivity contribution in [1.29, 1.82) is 0 Å². The maximum absolute atomic E-state index is 12.9. The molecular formula is C19H22N4O3. The van der Waals surface area contributed by atoms with Gasteiger partial charge in [-0.25, -0.2) is 4.98 Å². The van der Waals surface area contributed by atoms with Crippen molar-refractivity contribution < 1.29 is 14.3 Å². The Kier molecular flexibility index (Phi) is 5.09. The molecule has 2 heterocycles. The number of hydrogen-bond acceptors (Lipinski definition) is 5. The smallest absolute Gasteiger partial charge is 0.276 e. The number of anilines is 1. The highest BCUT2D eigenvalue weighted by molar-refractivity contribution is 6.05. The third-order valence-electron chi connectivity index (χ3n) is 3.97. The Morgan fingerprint density at radius 3 is 2.69 bits per heavy atom. The molecular weight excluding hydrogens is 332 g/mol. The fraction of sp³-hybridized carbons (Fsp3) is 0.263. The lowest BCUT2D eigenvalue weighted by atomic mass is 10.2. The normalized spacial score (nSPS) is 11.0. The van der Waals surface area contributed by atoms with Crippen molar-refractivity contribution >= 4 is 17.2 Å². The molecule has 3 rings (SSSR count). The summed E-state index contributed by atoms with van der Waals surface area (Å²) in [6.45, 7) is 0.591. The Morgan fingerprint density at radius 1 is 1.19 bits per heavy atom. The van der Waals surface area contributed by atoms with E-state index in [1.165, 1.54) is 0 Å². The fourth-order valence-corrected chi connectivity index (χ4v) is 2.76. The number of rotatable bonds is 6. The van der Waals surface area contributed by atoms with Gasteiger partial charge in [-0.3, -0.25) is 4.79 Å². The first kappa shape index (κ1) is 17.8. The average molecular weight is 354 g/mol. The number of fused-ring (bicyclic) bond motifs is 1. The van der Waals surface area contributed by atoms with Gasteiger partial charge in [-0.1, -0.05) is 6.07 Å². The third-order valence-corrected chi connectivity index (χ3v) is 3.97. The van der Waals surface area contributed by atoms with Gasteiger partial charge in [0.25, 0.3) is 5.91 Å². The molecule has 0 saturated heterocycles. The first-order valence-corrected chi connectivity index (χ1v) is 8.17. The van der Waals surface area contributed by atoms with Gasteiger partial charge in [0.2, 0.25) is 0 Å². The lowest BCUT2D eigenvalue weighted by Gasteiger charge is -2.13. The van der Waals surface area contributed by atoms with Gasteiger partial charge in [-0.15, -0.1) is 0 Å². The van der Waals surface area contributed by atoms with Crippen LogP contribution in [0.3, 0.4) is 0 Å². The van der Waals surface area contributed by atoms with E-state index in [9.17, 15) is 4.79 Å². The van der Waals surface area contributed by atoms with E-state index in [-0.39, 0.29) is 5.91 Å². The van der Waals surface area contributed by atoms with E-state index in [4.69, 9.17) is 9.47 Å². The third kappa shape index (κ3) is 3.48. The van der Waals surface area contributed by atoms with E-state index in [2.05, 4.69) is 10.3 Å². The second-order valence-corrected chi connectivity index (χ2v) is 6.09. The van der Waals surface area contributed by atoms with Crippen molar-refractivity contribution in [3.05, 3.63) is 54.0 Å². The molecule has 0 unspecified atom stereocenters. The van der Waals surface area contributed by atoms with Crippen molar-refractivity contribution in [1.82, 2.24) is 14.3 Å². The summed E-state index contributed by atoms with van der Waals surface area (Å²) in [5, 5.41) is 2.89. The van der Waals surface area contributed by atoms with Crippen molar-refractivity contribution in [2.45, 2.75) is 6.54 Å². The lowest BCUT2D eigenvalue weighted by Crippen LogP contribution is -2.19. The van der Waals surface area contributed by atoms with E-state index in [0.29, 0.717) is 29.4 Å². The van der Waals surface area contributed by atoms with Gasteiger partial charge in [0.15, 0.2) is 5.69 Å². The molecule has 3 aromatic rings. The topological polar surface area (TPSA) is 68.1 Å². The molecule has 2 aromatic heterocycles. The Labute approximate surface area is 152 Å². The van der Waals surface area contributed by atoms with E-state index in [1.807, 2.05) is 47.8 Å². The minimum atomic E-state index is -0.283. The standard InChI is InChI=1S/C19H22N4O3/c1-22(2)12-15-18(21-17-7-5-6-10-23(15)17)19(24)20-14-9-8-13(25-3)11-16(14)26-4/h5-11H,12H2,1-4H3,(H,20,24). The summed E-state index contributed by atoms with van der Waals surface area (Å²) in [4.78, 5) is 19.4. The molecule has 0 atom stereocenters. The molecule has 0 saturated carbocycles. The molecule has 7 heteroatoms. The molecule has 0 aliphatic rings. The highest BCUT2D eigenvalue weighted by Crippen LogP contribution is 2.29. The Morgan fingerprint density at radius 2 is 2.00 bits per heavy atom. The fourth-order valence-electron chi connectivity index (χ4n) is 2.76. The van der Waals surface area contributed by atoms with E-state index >= 15 is 0 Å². The Hall–Kier alpha value is -3.06. The lowest BCUT2D eigenvalue weighted by molar-refractivity contribution is 0.102. The Balaban J connectivity index is 1.98. The summed E-state index contributed by atoms with van der Waals surface area (Å²) in [6, 6.07) is 10.9. The van der Waals surface area contributed by atoms with Crippen molar-refractivity contribution in [3.63, 3.8) is 0 Å². The van der Waals surface area contributed by atoms with Crippen LogP contribution in [-0.4, -0.2) is 48.5 Å². The second-order valence-electron chi connectivity index (χ2n) is 6.09. The molecule has 1 N–H and O–H groups in total. The summed E-state index contributed by atoms with van der Waals surface area (Å²) in [6.07, 6.45) is 1.91. The molecule has 1 amide bonds. The monoisotopic (exact) mass is 354 g/mol. The van der Waals surface area contributed by atoms with Gasteiger partial charge in [-0.2, -0.15) is 0 Å². The number of ether oxygens (including phenoxy) is 2. The zero-order chi connectivity index (χ0) is 18.7. The van der Waals surface area contributed by atoms with Crippen molar-refractivity contribution in [3.8, 4) is 11.5 Å². The largest absolute Gasteiger partial charge is 0.497 e. The number of pyridine rings is 1. The summed E-state index contributed by atoms with van der Waals surface area (Å²) in [5.41, 5.74) is 2.51. The zero-order valence-electron chi connectivity index (χ0n) is 15.3. The maximum atomic E-state index is 12.9. The van der Waals surface area contributed by atoms with Gasteiger partial charge in [0.05, 0.1) is 25.6 Å². The number of imidazole rings is 1. The number of aromatic nitrogens is 2. The summed E-state index contributed by atoms with van der Waals surface area (Å²) in [7, 11) is 7.04. The van der Waals surface area contributed by atoms with Crippen LogP contribution in [0.5, 0.6) is 11.5 Å². The van der Waals surface area contributed by atoms with E-state index in [0.717, 1.165) is 11.3 Å².